The summed E-state index contributed by atoms with van der Waals surface area (Å²) in [7, 11) is -3.89. The smallest absolute Gasteiger partial charge is 0.346 e. The molecule has 2 rings (SSSR count). The number of carbonyl (C=O) groups excluding carboxylic acids is 1. The van der Waals surface area contributed by atoms with Gasteiger partial charge < -0.3 is 5.32 Å². The van der Waals surface area contributed by atoms with Crippen molar-refractivity contribution in [2.75, 3.05) is 13.1 Å². The van der Waals surface area contributed by atoms with Gasteiger partial charge in [0.2, 0.25) is 15.9 Å². The van der Waals surface area contributed by atoms with E-state index in [0.717, 1.165) is 9.18 Å². The second-order valence-electron chi connectivity index (χ2n) is 5.38. The highest BCUT2D eigenvalue weighted by atomic mass is 32.2. The van der Waals surface area contributed by atoms with Crippen molar-refractivity contribution in [3.63, 3.8) is 0 Å². The van der Waals surface area contributed by atoms with Crippen LogP contribution in [0.1, 0.15) is 22.6 Å². The Morgan fingerprint density at radius 1 is 1.43 bits per heavy atom. The molecular weight excluding hydrogens is 353 g/mol. The lowest BCUT2D eigenvalue weighted by atomic mass is 10.2. The number of nitrogens with zero attached hydrogens (tertiary/aromatic N) is 1. The topological polar surface area (TPSA) is 66.5 Å². The van der Waals surface area contributed by atoms with Gasteiger partial charge in [-0.2, -0.15) is 17.5 Å². The number of thiophene rings is 1. The summed E-state index contributed by atoms with van der Waals surface area (Å²) >= 11 is 1.32. The summed E-state index contributed by atoms with van der Waals surface area (Å²) in [6, 6.07) is 0.431. The first-order valence-corrected chi connectivity index (χ1v) is 9.21. The molecule has 1 aromatic heterocycles. The summed E-state index contributed by atoms with van der Waals surface area (Å²) in [5.41, 5.74) is 0. The third kappa shape index (κ3) is 4.04. The van der Waals surface area contributed by atoms with Crippen LogP contribution in [0.25, 0.3) is 0 Å². The molecule has 130 valence electrons. The first-order chi connectivity index (χ1) is 10.5. The van der Waals surface area contributed by atoms with E-state index in [1.807, 2.05) is 0 Å². The Kier molecular flexibility index (Phi) is 5.07. The van der Waals surface area contributed by atoms with Gasteiger partial charge in [-0.25, -0.2) is 8.42 Å². The fourth-order valence-corrected chi connectivity index (χ4v) is 5.77. The van der Waals surface area contributed by atoms with Crippen LogP contribution in [0.15, 0.2) is 11.0 Å². The lowest BCUT2D eigenvalue weighted by Crippen LogP contribution is -2.47. The van der Waals surface area contributed by atoms with E-state index < -0.39 is 34.7 Å². The maximum atomic E-state index is 12.7. The molecule has 1 saturated heterocycles. The number of halogens is 3. The van der Waals surface area contributed by atoms with Crippen molar-refractivity contribution in [3.8, 4) is 0 Å². The predicted octanol–water partition coefficient (Wildman–Crippen LogP) is 2.20. The van der Waals surface area contributed by atoms with E-state index in [9.17, 15) is 26.4 Å². The Hall–Kier alpha value is -1.13. The van der Waals surface area contributed by atoms with Crippen molar-refractivity contribution in [1.82, 2.24) is 9.62 Å². The van der Waals surface area contributed by atoms with Crippen LogP contribution in [0, 0.1) is 13.8 Å². The zero-order valence-corrected chi connectivity index (χ0v) is 14.2. The van der Waals surface area contributed by atoms with E-state index in [1.165, 1.54) is 17.4 Å². The average molecular weight is 370 g/mol. The molecule has 1 aliphatic rings. The quantitative estimate of drug-likeness (QED) is 0.884. The van der Waals surface area contributed by atoms with Crippen LogP contribution < -0.4 is 5.32 Å². The van der Waals surface area contributed by atoms with Crippen molar-refractivity contribution >= 4 is 27.3 Å². The number of hydrogen-bond donors (Lipinski definition) is 1. The maximum Gasteiger partial charge on any atom is 0.405 e. The van der Waals surface area contributed by atoms with E-state index >= 15 is 0 Å². The molecule has 2 heterocycles. The summed E-state index contributed by atoms with van der Waals surface area (Å²) in [4.78, 5) is 13.5. The van der Waals surface area contributed by atoms with Crippen LogP contribution in [-0.2, 0) is 14.8 Å². The lowest BCUT2D eigenvalue weighted by molar-refractivity contribution is -0.140. The molecule has 0 saturated carbocycles. The van der Waals surface area contributed by atoms with Gasteiger partial charge in [0, 0.05) is 16.3 Å². The van der Waals surface area contributed by atoms with Crippen molar-refractivity contribution in [2.45, 2.75) is 43.8 Å². The summed E-state index contributed by atoms with van der Waals surface area (Å²) < 4.78 is 63.1. The van der Waals surface area contributed by atoms with Gasteiger partial charge in [0.15, 0.2) is 0 Å². The predicted molar refractivity (Wildman–Crippen MR) is 79.8 cm³/mol. The lowest BCUT2D eigenvalue weighted by Gasteiger charge is -2.23. The Labute approximate surface area is 136 Å². The van der Waals surface area contributed by atoms with Crippen LogP contribution in [0.4, 0.5) is 13.2 Å². The summed E-state index contributed by atoms with van der Waals surface area (Å²) in [5, 5.41) is 1.77. The van der Waals surface area contributed by atoms with Gasteiger partial charge in [-0.15, -0.1) is 11.3 Å². The van der Waals surface area contributed by atoms with Gasteiger partial charge >= 0.3 is 6.18 Å². The Balaban J connectivity index is 2.21. The van der Waals surface area contributed by atoms with E-state index in [0.29, 0.717) is 11.3 Å². The zero-order chi connectivity index (χ0) is 17.4. The van der Waals surface area contributed by atoms with Gasteiger partial charge in [0.25, 0.3) is 0 Å². The monoisotopic (exact) mass is 370 g/mol. The third-order valence-electron chi connectivity index (χ3n) is 3.55. The minimum atomic E-state index is -4.53. The first kappa shape index (κ1) is 18.2. The SMILES string of the molecule is Cc1cc(S(=O)(=O)N2CCC[C@@H]2C(=O)NCC(F)(F)F)c(C)s1. The molecule has 5 nitrogen and oxygen atoms in total. The number of hydrogen-bond acceptors (Lipinski definition) is 4. The Bertz CT molecular complexity index is 698. The van der Waals surface area contributed by atoms with Crippen LogP contribution in [0.5, 0.6) is 0 Å². The molecule has 1 amide bonds. The molecule has 0 spiro atoms. The van der Waals surface area contributed by atoms with Gasteiger partial charge in [-0.05, 0) is 32.8 Å². The normalized spacial score (nSPS) is 20.0. The van der Waals surface area contributed by atoms with Crippen molar-refractivity contribution in [2.24, 2.45) is 0 Å². The fourth-order valence-electron chi connectivity index (χ4n) is 2.58. The highest BCUT2D eigenvalue weighted by Gasteiger charge is 2.41. The molecule has 1 N–H and O–H groups in total. The molecule has 10 heteroatoms. The number of sulfonamides is 1. The first-order valence-electron chi connectivity index (χ1n) is 6.96. The fraction of sp³-hybridized carbons (Fsp3) is 0.615. The van der Waals surface area contributed by atoms with Crippen LogP contribution >= 0.6 is 11.3 Å². The van der Waals surface area contributed by atoms with Crippen LogP contribution in [0.2, 0.25) is 0 Å². The van der Waals surface area contributed by atoms with Crippen LogP contribution in [0.3, 0.4) is 0 Å². The van der Waals surface area contributed by atoms with E-state index in [-0.39, 0.29) is 17.9 Å². The zero-order valence-electron chi connectivity index (χ0n) is 12.6. The van der Waals surface area contributed by atoms with Gasteiger partial charge in [-0.1, -0.05) is 0 Å². The largest absolute Gasteiger partial charge is 0.405 e. The van der Waals surface area contributed by atoms with E-state index in [2.05, 4.69) is 0 Å². The second kappa shape index (κ2) is 6.40. The molecule has 0 aromatic carbocycles. The number of rotatable bonds is 4. The maximum absolute atomic E-state index is 12.7. The Morgan fingerprint density at radius 2 is 2.09 bits per heavy atom. The van der Waals surface area contributed by atoms with Gasteiger partial charge in [0.1, 0.15) is 12.6 Å². The highest BCUT2D eigenvalue weighted by molar-refractivity contribution is 7.89. The van der Waals surface area contributed by atoms with E-state index in [4.69, 9.17) is 0 Å². The van der Waals surface area contributed by atoms with Crippen LogP contribution in [-0.4, -0.2) is 43.9 Å². The molecule has 0 aliphatic carbocycles. The van der Waals surface area contributed by atoms with Crippen molar-refractivity contribution in [3.05, 3.63) is 15.8 Å². The summed E-state index contributed by atoms with van der Waals surface area (Å²) in [5.74, 6) is -0.909. The minimum Gasteiger partial charge on any atom is -0.346 e. The molecule has 0 radical (unpaired) electrons. The summed E-state index contributed by atoms with van der Waals surface area (Å²) in [6.45, 7) is 2.10. The van der Waals surface area contributed by atoms with Crippen molar-refractivity contribution in [1.29, 1.82) is 0 Å². The third-order valence-corrected chi connectivity index (χ3v) is 6.68. The van der Waals surface area contributed by atoms with Gasteiger partial charge in [-0.3, -0.25) is 4.79 Å². The highest BCUT2D eigenvalue weighted by Crippen LogP contribution is 2.32. The van der Waals surface area contributed by atoms with Crippen molar-refractivity contribution < 1.29 is 26.4 Å². The average Bonchev–Trinajstić information content (AvgIpc) is 3.02. The Morgan fingerprint density at radius 3 is 2.61 bits per heavy atom. The molecule has 23 heavy (non-hydrogen) atoms. The molecule has 0 unspecified atom stereocenters. The number of alkyl halides is 3. The number of carbonyl (C=O) groups is 1. The summed E-state index contributed by atoms with van der Waals surface area (Å²) in [6.07, 6.45) is -3.88. The molecule has 1 aromatic rings. The molecule has 1 atom stereocenters. The molecule has 1 fully saturated rings. The molecule has 0 bridgehead atoms. The minimum absolute atomic E-state index is 0.121. The molecule has 1 aliphatic heterocycles. The van der Waals surface area contributed by atoms with Gasteiger partial charge in [0.05, 0.1) is 4.90 Å². The second-order valence-corrected chi connectivity index (χ2v) is 8.70. The molecular formula is C13H17F3N2O3S2. The van der Waals surface area contributed by atoms with E-state index in [1.54, 1.807) is 19.2 Å². The number of nitrogens with one attached hydrogen (secondary N) is 1. The number of amides is 1. The number of aryl methyl sites for hydroxylation is 2. The standard InChI is InChI=1S/C13H17F3N2O3S2/c1-8-6-11(9(2)22-8)23(20,21)18-5-3-4-10(18)12(19)17-7-13(14,15)16/h6,10H,3-5,7H2,1-2H3,(H,17,19)/t10-/m1/s1.